The predicted octanol–water partition coefficient (Wildman–Crippen LogP) is 2.15. The van der Waals surface area contributed by atoms with Gasteiger partial charge in [-0.05, 0) is 24.5 Å². The minimum absolute atomic E-state index is 0.179. The predicted molar refractivity (Wildman–Crippen MR) is 63.0 cm³/mol. The number of hydrogen-bond acceptors (Lipinski definition) is 3. The van der Waals surface area contributed by atoms with E-state index in [0.29, 0.717) is 12.8 Å². The third kappa shape index (κ3) is 2.68. The molecule has 5 heteroatoms. The van der Waals surface area contributed by atoms with E-state index in [0.717, 1.165) is 11.3 Å². The van der Waals surface area contributed by atoms with Gasteiger partial charge in [-0.2, -0.15) is 8.42 Å². The van der Waals surface area contributed by atoms with Crippen LogP contribution < -0.4 is 0 Å². The van der Waals surface area contributed by atoms with Crippen molar-refractivity contribution in [2.75, 3.05) is 5.75 Å². The molecule has 0 saturated heterocycles. The fourth-order valence-electron chi connectivity index (χ4n) is 1.88. The van der Waals surface area contributed by atoms with Crippen LogP contribution in [0.15, 0.2) is 29.3 Å². The Morgan fingerprint density at radius 3 is 2.81 bits per heavy atom. The van der Waals surface area contributed by atoms with Crippen LogP contribution in [-0.4, -0.2) is 24.9 Å². The summed E-state index contributed by atoms with van der Waals surface area (Å²) < 4.78 is 29.8. The van der Waals surface area contributed by atoms with Gasteiger partial charge < -0.3 is 0 Å². The topological polar surface area (TPSA) is 66.7 Å². The highest BCUT2D eigenvalue weighted by Gasteiger charge is 2.18. The van der Waals surface area contributed by atoms with Crippen LogP contribution in [0.4, 0.5) is 5.69 Å². The molecule has 0 amide bonds. The molecule has 0 radical (unpaired) electrons. The molecule has 4 nitrogen and oxygen atoms in total. The van der Waals surface area contributed by atoms with Gasteiger partial charge >= 0.3 is 0 Å². The Bertz CT molecular complexity index is 508. The van der Waals surface area contributed by atoms with Crippen molar-refractivity contribution in [1.29, 1.82) is 0 Å². The maximum Gasteiger partial charge on any atom is 0.264 e. The van der Waals surface area contributed by atoms with Crippen LogP contribution in [0.3, 0.4) is 0 Å². The zero-order chi connectivity index (χ0) is 11.6. The van der Waals surface area contributed by atoms with Crippen LogP contribution >= 0.6 is 0 Å². The quantitative estimate of drug-likeness (QED) is 0.819. The molecule has 0 bridgehead atoms. The summed E-state index contributed by atoms with van der Waals surface area (Å²) in [6.07, 6.45) is 2.98. The van der Waals surface area contributed by atoms with E-state index in [9.17, 15) is 8.42 Å². The molecule has 1 aromatic carbocycles. The highest BCUT2D eigenvalue weighted by Crippen LogP contribution is 2.34. The van der Waals surface area contributed by atoms with Crippen LogP contribution in [-0.2, 0) is 10.1 Å². The summed E-state index contributed by atoms with van der Waals surface area (Å²) >= 11 is 0. The summed E-state index contributed by atoms with van der Waals surface area (Å²) in [5, 5.41) is 0. The fourth-order valence-corrected chi connectivity index (χ4v) is 2.42. The first-order chi connectivity index (χ1) is 7.56. The molecule has 0 aromatic heterocycles. The highest BCUT2D eigenvalue weighted by molar-refractivity contribution is 7.85. The van der Waals surface area contributed by atoms with Crippen LogP contribution in [0.5, 0.6) is 0 Å². The molecule has 1 aliphatic heterocycles. The minimum Gasteiger partial charge on any atom is -0.286 e. The number of aliphatic imine (C=N–C) groups is 1. The number of benzene rings is 1. The number of para-hydroxylation sites is 1. The smallest absolute Gasteiger partial charge is 0.264 e. The first-order valence-corrected chi connectivity index (χ1v) is 6.75. The molecule has 16 heavy (non-hydrogen) atoms. The van der Waals surface area contributed by atoms with Crippen molar-refractivity contribution in [3.63, 3.8) is 0 Å². The summed E-state index contributed by atoms with van der Waals surface area (Å²) in [5.41, 5.74) is 2.09. The van der Waals surface area contributed by atoms with Gasteiger partial charge in [-0.1, -0.05) is 18.2 Å². The third-order valence-corrected chi connectivity index (χ3v) is 3.45. The second kappa shape index (κ2) is 4.35. The van der Waals surface area contributed by atoms with Gasteiger partial charge in [-0.3, -0.25) is 9.55 Å². The maximum atomic E-state index is 10.6. The van der Waals surface area contributed by atoms with Crippen LogP contribution in [0.2, 0.25) is 0 Å². The average molecular weight is 239 g/mol. The molecular weight excluding hydrogens is 226 g/mol. The zero-order valence-corrected chi connectivity index (χ0v) is 9.52. The van der Waals surface area contributed by atoms with Crippen molar-refractivity contribution in [1.82, 2.24) is 0 Å². The van der Waals surface area contributed by atoms with Crippen molar-refractivity contribution in [3.05, 3.63) is 29.8 Å². The SMILES string of the molecule is O=S(=O)(O)CCCC1C=Nc2ccccc21. The lowest BCUT2D eigenvalue weighted by molar-refractivity contribution is 0.480. The van der Waals surface area contributed by atoms with Crippen LogP contribution in [0.1, 0.15) is 24.3 Å². The van der Waals surface area contributed by atoms with E-state index in [1.54, 1.807) is 0 Å². The standard InChI is InChI=1S/C11H13NO3S/c13-16(14,15)7-3-4-9-8-12-11-6-2-1-5-10(9)11/h1-2,5-6,8-9H,3-4,7H2,(H,13,14,15). The van der Waals surface area contributed by atoms with Crippen molar-refractivity contribution < 1.29 is 13.0 Å². The molecule has 0 spiro atoms. The molecule has 1 N–H and O–H groups in total. The minimum atomic E-state index is -3.84. The van der Waals surface area contributed by atoms with Gasteiger partial charge in [0.2, 0.25) is 0 Å². The monoisotopic (exact) mass is 239 g/mol. The Kier molecular flexibility index (Phi) is 3.07. The Hall–Kier alpha value is -1.20. The molecule has 2 rings (SSSR count). The Balaban J connectivity index is 1.97. The van der Waals surface area contributed by atoms with Gasteiger partial charge in [0.15, 0.2) is 0 Å². The van der Waals surface area contributed by atoms with E-state index < -0.39 is 10.1 Å². The lowest BCUT2D eigenvalue weighted by Crippen LogP contribution is -2.06. The maximum absolute atomic E-state index is 10.6. The van der Waals surface area contributed by atoms with Gasteiger partial charge in [0.1, 0.15) is 0 Å². The summed E-state index contributed by atoms with van der Waals surface area (Å²) in [7, 11) is -3.84. The van der Waals surface area contributed by atoms with E-state index in [4.69, 9.17) is 4.55 Å². The summed E-state index contributed by atoms with van der Waals surface area (Å²) in [4.78, 5) is 4.26. The van der Waals surface area contributed by atoms with Gasteiger partial charge in [-0.25, -0.2) is 0 Å². The van der Waals surface area contributed by atoms with Crippen molar-refractivity contribution >= 4 is 22.0 Å². The molecule has 0 saturated carbocycles. The zero-order valence-electron chi connectivity index (χ0n) is 8.70. The largest absolute Gasteiger partial charge is 0.286 e. The van der Waals surface area contributed by atoms with E-state index >= 15 is 0 Å². The van der Waals surface area contributed by atoms with E-state index in [-0.39, 0.29) is 11.7 Å². The van der Waals surface area contributed by atoms with Crippen molar-refractivity contribution in [3.8, 4) is 0 Å². The van der Waals surface area contributed by atoms with Crippen molar-refractivity contribution in [2.24, 2.45) is 4.99 Å². The Morgan fingerprint density at radius 1 is 1.31 bits per heavy atom. The van der Waals surface area contributed by atoms with Gasteiger partial charge in [0.25, 0.3) is 10.1 Å². The van der Waals surface area contributed by atoms with Gasteiger partial charge in [-0.15, -0.1) is 0 Å². The number of hydrogen-bond donors (Lipinski definition) is 1. The van der Waals surface area contributed by atoms with E-state index in [1.165, 1.54) is 0 Å². The fraction of sp³-hybridized carbons (Fsp3) is 0.364. The summed E-state index contributed by atoms with van der Waals surface area (Å²) in [6, 6.07) is 7.81. The van der Waals surface area contributed by atoms with Gasteiger partial charge in [0, 0.05) is 12.1 Å². The van der Waals surface area contributed by atoms with E-state index in [2.05, 4.69) is 4.99 Å². The lowest BCUT2D eigenvalue weighted by Gasteiger charge is -2.07. The third-order valence-electron chi connectivity index (χ3n) is 2.65. The molecule has 86 valence electrons. The van der Waals surface area contributed by atoms with E-state index in [1.807, 2.05) is 30.5 Å². The van der Waals surface area contributed by atoms with Crippen molar-refractivity contribution in [2.45, 2.75) is 18.8 Å². The molecule has 1 aromatic rings. The molecule has 1 unspecified atom stereocenters. The summed E-state index contributed by atoms with van der Waals surface area (Å²) in [5.74, 6) is -0.00239. The van der Waals surface area contributed by atoms with Crippen LogP contribution in [0.25, 0.3) is 0 Å². The van der Waals surface area contributed by atoms with Gasteiger partial charge in [0.05, 0.1) is 11.4 Å². The molecule has 0 aliphatic carbocycles. The second-order valence-electron chi connectivity index (χ2n) is 3.87. The number of rotatable bonds is 4. The number of nitrogens with zero attached hydrogens (tertiary/aromatic N) is 1. The molecule has 0 fully saturated rings. The molecule has 1 heterocycles. The average Bonchev–Trinajstić information content (AvgIpc) is 2.60. The Morgan fingerprint density at radius 2 is 2.06 bits per heavy atom. The summed E-state index contributed by atoms with van der Waals surface area (Å²) in [6.45, 7) is 0. The van der Waals surface area contributed by atoms with Crippen LogP contribution in [0, 0.1) is 0 Å². The highest BCUT2D eigenvalue weighted by atomic mass is 32.2. The first kappa shape index (κ1) is 11.3. The normalized spacial score (nSPS) is 18.7. The molecular formula is C11H13NO3S. The Labute approximate surface area is 94.8 Å². The second-order valence-corrected chi connectivity index (χ2v) is 5.44. The molecule has 1 atom stereocenters. The number of fused-ring (bicyclic) bond motifs is 1. The first-order valence-electron chi connectivity index (χ1n) is 5.14. The molecule has 1 aliphatic rings. The lowest BCUT2D eigenvalue weighted by atomic mass is 9.97.